The summed E-state index contributed by atoms with van der Waals surface area (Å²) in [6.07, 6.45) is 0.570. The summed E-state index contributed by atoms with van der Waals surface area (Å²) in [6.45, 7) is 3.79. The van der Waals surface area contributed by atoms with Crippen LogP contribution < -0.4 is 9.47 Å². The van der Waals surface area contributed by atoms with Crippen molar-refractivity contribution in [2.24, 2.45) is 0 Å². The first-order valence-corrected chi connectivity index (χ1v) is 9.30. The predicted octanol–water partition coefficient (Wildman–Crippen LogP) is 4.43. The number of ether oxygens (including phenoxy) is 2. The maximum absolute atomic E-state index is 12.0. The molecule has 28 heavy (non-hydrogen) atoms. The standard InChI is InChI=1S/C22H26O6/c1-4-8-14-9-7-12-18(17(5-2)21(23)24)19(14)28-20(22(25)26)15-10-6-11-16(13-15)27-3/h6-7,9-13,17,20H,4-5,8H2,1-3H3,(H,23,24)(H,25,26). The van der Waals surface area contributed by atoms with Gasteiger partial charge in [0.05, 0.1) is 13.0 Å². The summed E-state index contributed by atoms with van der Waals surface area (Å²) in [4.78, 5) is 23.7. The number of hydrogen-bond donors (Lipinski definition) is 2. The summed E-state index contributed by atoms with van der Waals surface area (Å²) in [5, 5.41) is 19.4. The van der Waals surface area contributed by atoms with E-state index < -0.39 is 24.0 Å². The van der Waals surface area contributed by atoms with Crippen LogP contribution in [0.5, 0.6) is 11.5 Å². The lowest BCUT2D eigenvalue weighted by molar-refractivity contribution is -0.145. The molecule has 0 bridgehead atoms. The second kappa shape index (κ2) is 9.78. The van der Waals surface area contributed by atoms with Gasteiger partial charge in [-0.05, 0) is 30.5 Å². The SMILES string of the molecule is CCCc1cccc(C(CC)C(=O)O)c1OC(C(=O)O)c1cccc(OC)c1. The molecule has 0 saturated heterocycles. The van der Waals surface area contributed by atoms with Gasteiger partial charge in [-0.2, -0.15) is 0 Å². The van der Waals surface area contributed by atoms with E-state index in [2.05, 4.69) is 0 Å². The Kier molecular flexibility index (Phi) is 7.44. The van der Waals surface area contributed by atoms with Gasteiger partial charge in [-0.3, -0.25) is 4.79 Å². The number of benzene rings is 2. The van der Waals surface area contributed by atoms with Crippen LogP contribution in [0.25, 0.3) is 0 Å². The van der Waals surface area contributed by atoms with Crippen LogP contribution in [-0.2, 0) is 16.0 Å². The van der Waals surface area contributed by atoms with Crippen molar-refractivity contribution in [2.75, 3.05) is 7.11 Å². The average Bonchev–Trinajstić information content (AvgIpc) is 2.67. The van der Waals surface area contributed by atoms with Crippen molar-refractivity contribution in [3.8, 4) is 11.5 Å². The number of methoxy groups -OCH3 is 1. The van der Waals surface area contributed by atoms with Crippen LogP contribution in [0, 0.1) is 0 Å². The Morgan fingerprint density at radius 2 is 1.75 bits per heavy atom. The summed E-state index contributed by atoms with van der Waals surface area (Å²) in [7, 11) is 1.50. The van der Waals surface area contributed by atoms with Crippen molar-refractivity contribution in [1.29, 1.82) is 0 Å². The van der Waals surface area contributed by atoms with E-state index in [4.69, 9.17) is 9.47 Å². The number of carboxylic acids is 2. The monoisotopic (exact) mass is 386 g/mol. The van der Waals surface area contributed by atoms with E-state index in [1.165, 1.54) is 7.11 Å². The van der Waals surface area contributed by atoms with E-state index in [0.717, 1.165) is 12.0 Å². The first-order valence-electron chi connectivity index (χ1n) is 9.30. The number of aryl methyl sites for hydroxylation is 1. The second-order valence-corrected chi connectivity index (χ2v) is 6.50. The molecular weight excluding hydrogens is 360 g/mol. The molecule has 0 aliphatic heterocycles. The molecule has 0 amide bonds. The maximum Gasteiger partial charge on any atom is 0.349 e. The lowest BCUT2D eigenvalue weighted by atomic mass is 9.92. The van der Waals surface area contributed by atoms with Gasteiger partial charge in [0.25, 0.3) is 0 Å². The Bertz CT molecular complexity index is 830. The van der Waals surface area contributed by atoms with Crippen molar-refractivity contribution in [3.05, 3.63) is 59.2 Å². The zero-order valence-corrected chi connectivity index (χ0v) is 16.3. The molecule has 0 heterocycles. The molecule has 0 saturated carbocycles. The van der Waals surface area contributed by atoms with Crippen molar-refractivity contribution >= 4 is 11.9 Å². The van der Waals surface area contributed by atoms with Gasteiger partial charge in [0.15, 0.2) is 0 Å². The van der Waals surface area contributed by atoms with Crippen molar-refractivity contribution in [1.82, 2.24) is 0 Å². The Balaban J connectivity index is 2.56. The molecule has 0 aliphatic rings. The van der Waals surface area contributed by atoms with Gasteiger partial charge in [-0.25, -0.2) is 4.79 Å². The lowest BCUT2D eigenvalue weighted by Gasteiger charge is -2.23. The topological polar surface area (TPSA) is 93.1 Å². The van der Waals surface area contributed by atoms with Crippen molar-refractivity contribution in [2.45, 2.75) is 45.1 Å². The fourth-order valence-corrected chi connectivity index (χ4v) is 3.20. The Morgan fingerprint density at radius 1 is 1.04 bits per heavy atom. The molecule has 2 unspecified atom stereocenters. The summed E-state index contributed by atoms with van der Waals surface area (Å²) in [6, 6.07) is 12.0. The zero-order valence-electron chi connectivity index (χ0n) is 16.3. The fraction of sp³-hybridized carbons (Fsp3) is 0.364. The average molecular weight is 386 g/mol. The molecule has 150 valence electrons. The van der Waals surface area contributed by atoms with Crippen LogP contribution in [0.2, 0.25) is 0 Å². The van der Waals surface area contributed by atoms with E-state index in [9.17, 15) is 19.8 Å². The highest BCUT2D eigenvalue weighted by atomic mass is 16.5. The zero-order chi connectivity index (χ0) is 20.7. The van der Waals surface area contributed by atoms with Crippen LogP contribution in [0.4, 0.5) is 0 Å². The van der Waals surface area contributed by atoms with Crippen LogP contribution >= 0.6 is 0 Å². The van der Waals surface area contributed by atoms with Crippen LogP contribution in [0.15, 0.2) is 42.5 Å². The molecule has 2 atom stereocenters. The van der Waals surface area contributed by atoms with Gasteiger partial charge >= 0.3 is 11.9 Å². The molecule has 2 rings (SSSR count). The van der Waals surface area contributed by atoms with E-state index >= 15 is 0 Å². The van der Waals surface area contributed by atoms with Gasteiger partial charge in [0, 0.05) is 11.1 Å². The molecule has 6 nitrogen and oxygen atoms in total. The quantitative estimate of drug-likeness (QED) is 0.627. The molecule has 0 aromatic heterocycles. The molecule has 0 radical (unpaired) electrons. The van der Waals surface area contributed by atoms with E-state index in [1.807, 2.05) is 13.0 Å². The number of hydrogen-bond acceptors (Lipinski definition) is 4. The number of carboxylic acid groups (broad SMARTS) is 2. The van der Waals surface area contributed by atoms with E-state index in [1.54, 1.807) is 43.3 Å². The third kappa shape index (κ3) is 4.82. The first kappa shape index (κ1) is 21.3. The summed E-state index contributed by atoms with van der Waals surface area (Å²) in [5.74, 6) is -2.03. The van der Waals surface area contributed by atoms with Crippen molar-refractivity contribution < 1.29 is 29.3 Å². The Labute approximate surface area is 164 Å². The van der Waals surface area contributed by atoms with Crippen LogP contribution in [-0.4, -0.2) is 29.3 Å². The summed E-state index contributed by atoms with van der Waals surface area (Å²) in [5.41, 5.74) is 1.72. The molecule has 2 aromatic rings. The van der Waals surface area contributed by atoms with Crippen LogP contribution in [0.3, 0.4) is 0 Å². The normalized spacial score (nSPS) is 12.8. The molecule has 0 fully saturated rings. The highest BCUT2D eigenvalue weighted by Crippen LogP contribution is 2.36. The molecule has 0 aliphatic carbocycles. The second-order valence-electron chi connectivity index (χ2n) is 6.50. The highest BCUT2D eigenvalue weighted by molar-refractivity contribution is 5.78. The van der Waals surface area contributed by atoms with E-state index in [0.29, 0.717) is 35.5 Å². The number of para-hydroxylation sites is 1. The third-order valence-electron chi connectivity index (χ3n) is 4.58. The largest absolute Gasteiger partial charge is 0.497 e. The summed E-state index contributed by atoms with van der Waals surface area (Å²) >= 11 is 0. The fourth-order valence-electron chi connectivity index (χ4n) is 3.20. The minimum Gasteiger partial charge on any atom is -0.497 e. The number of aliphatic carboxylic acids is 2. The highest BCUT2D eigenvalue weighted by Gasteiger charge is 2.28. The van der Waals surface area contributed by atoms with Crippen molar-refractivity contribution in [3.63, 3.8) is 0 Å². The van der Waals surface area contributed by atoms with Gasteiger partial charge in [-0.15, -0.1) is 0 Å². The Morgan fingerprint density at radius 3 is 2.32 bits per heavy atom. The minimum absolute atomic E-state index is 0.341. The maximum atomic E-state index is 12.0. The van der Waals surface area contributed by atoms with Crippen LogP contribution in [0.1, 0.15) is 55.4 Å². The molecular formula is C22H26O6. The van der Waals surface area contributed by atoms with Gasteiger partial charge in [0.2, 0.25) is 6.10 Å². The smallest absolute Gasteiger partial charge is 0.349 e. The van der Waals surface area contributed by atoms with Gasteiger partial charge in [0.1, 0.15) is 11.5 Å². The number of rotatable bonds is 10. The molecule has 2 aromatic carbocycles. The molecule has 6 heteroatoms. The van der Waals surface area contributed by atoms with E-state index in [-0.39, 0.29) is 0 Å². The van der Waals surface area contributed by atoms with Gasteiger partial charge in [-0.1, -0.05) is 50.6 Å². The third-order valence-corrected chi connectivity index (χ3v) is 4.58. The number of carbonyl (C=O) groups is 2. The first-order chi connectivity index (χ1) is 13.4. The molecule has 2 N–H and O–H groups in total. The lowest BCUT2D eigenvalue weighted by Crippen LogP contribution is -2.21. The minimum atomic E-state index is -1.28. The molecule has 0 spiro atoms. The Hall–Kier alpha value is -3.02. The van der Waals surface area contributed by atoms with Gasteiger partial charge < -0.3 is 19.7 Å². The predicted molar refractivity (Wildman–Crippen MR) is 105 cm³/mol. The summed E-state index contributed by atoms with van der Waals surface area (Å²) < 4.78 is 11.2.